The van der Waals surface area contributed by atoms with E-state index < -0.39 is 6.10 Å². The molecule has 0 amide bonds. The third kappa shape index (κ3) is 4.10. The first kappa shape index (κ1) is 12.3. The molecule has 0 aliphatic rings. The molecule has 0 heterocycles. The number of hydrogen-bond donors (Lipinski definition) is 1. The molecule has 0 spiro atoms. The third-order valence-corrected chi connectivity index (χ3v) is 2.45. The quantitative estimate of drug-likeness (QED) is 0.758. The van der Waals surface area contributed by atoms with Crippen molar-refractivity contribution in [1.82, 2.24) is 0 Å². The topological polar surface area (TPSA) is 29.5 Å². The maximum Gasteiger partial charge on any atom is 0.119 e. The molecule has 1 aromatic rings. The van der Waals surface area contributed by atoms with Crippen LogP contribution in [-0.4, -0.2) is 17.6 Å². The maximum atomic E-state index is 9.77. The molecule has 84 valence electrons. The highest BCUT2D eigenvalue weighted by Gasteiger charge is 2.06. The summed E-state index contributed by atoms with van der Waals surface area (Å²) in [5.41, 5.74) is 0.920. The van der Waals surface area contributed by atoms with E-state index in [-0.39, 0.29) is 0 Å². The van der Waals surface area contributed by atoms with E-state index in [1.807, 2.05) is 31.2 Å². The van der Waals surface area contributed by atoms with Gasteiger partial charge < -0.3 is 9.84 Å². The van der Waals surface area contributed by atoms with Gasteiger partial charge in [-0.1, -0.05) is 12.1 Å². The van der Waals surface area contributed by atoms with Crippen molar-refractivity contribution in [3.05, 3.63) is 29.8 Å². The van der Waals surface area contributed by atoms with Gasteiger partial charge in [-0.3, -0.25) is 0 Å². The van der Waals surface area contributed by atoms with E-state index >= 15 is 0 Å². The smallest absolute Gasteiger partial charge is 0.119 e. The lowest BCUT2D eigenvalue weighted by molar-refractivity contribution is 0.166. The Morgan fingerprint density at radius 1 is 1.33 bits per heavy atom. The zero-order chi connectivity index (χ0) is 11.1. The van der Waals surface area contributed by atoms with Crippen molar-refractivity contribution in [1.29, 1.82) is 0 Å². The zero-order valence-corrected chi connectivity index (χ0v) is 9.70. The van der Waals surface area contributed by atoms with Crippen molar-refractivity contribution >= 4 is 11.6 Å². The molecule has 1 rings (SSSR count). The molecule has 15 heavy (non-hydrogen) atoms. The van der Waals surface area contributed by atoms with Crippen molar-refractivity contribution in [2.45, 2.75) is 25.9 Å². The summed E-state index contributed by atoms with van der Waals surface area (Å²) in [6.07, 6.45) is 1.12. The number of benzene rings is 1. The minimum atomic E-state index is -0.417. The Morgan fingerprint density at radius 3 is 2.53 bits per heavy atom. The zero-order valence-electron chi connectivity index (χ0n) is 8.95. The average molecular weight is 229 g/mol. The van der Waals surface area contributed by atoms with Crippen LogP contribution in [0.15, 0.2) is 24.3 Å². The predicted molar refractivity (Wildman–Crippen MR) is 62.5 cm³/mol. The van der Waals surface area contributed by atoms with Crippen LogP contribution in [0.25, 0.3) is 0 Å². The number of ether oxygens (including phenoxy) is 1. The Morgan fingerprint density at radius 2 is 2.00 bits per heavy atom. The van der Waals surface area contributed by atoms with E-state index in [0.29, 0.717) is 18.9 Å². The van der Waals surface area contributed by atoms with Gasteiger partial charge in [0.25, 0.3) is 0 Å². The number of alkyl halides is 1. The molecule has 0 radical (unpaired) electrons. The lowest BCUT2D eigenvalue weighted by Crippen LogP contribution is -1.98. The summed E-state index contributed by atoms with van der Waals surface area (Å²) in [6.45, 7) is 2.61. The maximum absolute atomic E-state index is 9.77. The minimum absolute atomic E-state index is 0.417. The summed E-state index contributed by atoms with van der Waals surface area (Å²) in [7, 11) is 0. The molecule has 3 heteroatoms. The van der Waals surface area contributed by atoms with Gasteiger partial charge >= 0.3 is 0 Å². The summed E-state index contributed by atoms with van der Waals surface area (Å²) >= 11 is 5.57. The van der Waals surface area contributed by atoms with Crippen LogP contribution in [0.2, 0.25) is 0 Å². The molecule has 1 atom stereocenters. The average Bonchev–Trinajstić information content (AvgIpc) is 2.27. The van der Waals surface area contributed by atoms with E-state index in [0.717, 1.165) is 17.7 Å². The van der Waals surface area contributed by atoms with Crippen LogP contribution in [0.5, 0.6) is 5.75 Å². The largest absolute Gasteiger partial charge is 0.494 e. The second-order valence-corrected chi connectivity index (χ2v) is 3.73. The van der Waals surface area contributed by atoms with Gasteiger partial charge in [-0.15, -0.1) is 11.6 Å². The SMILES string of the molecule is CCOc1ccc(C(O)CCCCl)cc1. The molecule has 0 aromatic heterocycles. The fourth-order valence-electron chi connectivity index (χ4n) is 1.39. The van der Waals surface area contributed by atoms with Gasteiger partial charge in [0.05, 0.1) is 12.7 Å². The molecule has 0 aliphatic heterocycles. The summed E-state index contributed by atoms with van der Waals surface area (Å²) in [6, 6.07) is 7.54. The molecule has 2 nitrogen and oxygen atoms in total. The molecule has 0 aliphatic carbocycles. The van der Waals surface area contributed by atoms with Crippen LogP contribution >= 0.6 is 11.6 Å². The minimum Gasteiger partial charge on any atom is -0.494 e. The standard InChI is InChI=1S/C12H17ClO2/c1-2-15-11-7-5-10(6-8-11)12(14)4-3-9-13/h5-8,12,14H,2-4,9H2,1H3. The van der Waals surface area contributed by atoms with Crippen LogP contribution in [0.4, 0.5) is 0 Å². The first-order valence-electron chi connectivity index (χ1n) is 5.24. The Bertz CT molecular complexity index is 271. The number of rotatable bonds is 6. The summed E-state index contributed by atoms with van der Waals surface area (Å²) in [5.74, 6) is 1.43. The van der Waals surface area contributed by atoms with E-state index in [9.17, 15) is 5.11 Å². The lowest BCUT2D eigenvalue weighted by Gasteiger charge is -2.10. The molecule has 0 bridgehead atoms. The third-order valence-electron chi connectivity index (χ3n) is 2.19. The summed E-state index contributed by atoms with van der Waals surface area (Å²) < 4.78 is 5.32. The Kier molecular flexibility index (Phi) is 5.51. The first-order valence-corrected chi connectivity index (χ1v) is 5.78. The van der Waals surface area contributed by atoms with Crippen LogP contribution < -0.4 is 4.74 Å². The van der Waals surface area contributed by atoms with Gasteiger partial charge in [0.2, 0.25) is 0 Å². The van der Waals surface area contributed by atoms with Crippen LogP contribution in [0.3, 0.4) is 0 Å². The van der Waals surface area contributed by atoms with Crippen LogP contribution in [0.1, 0.15) is 31.4 Å². The first-order chi connectivity index (χ1) is 7.27. The van der Waals surface area contributed by atoms with Crippen LogP contribution in [0, 0.1) is 0 Å². The highest BCUT2D eigenvalue weighted by atomic mass is 35.5. The fourth-order valence-corrected chi connectivity index (χ4v) is 1.54. The number of aliphatic hydroxyl groups is 1. The second-order valence-electron chi connectivity index (χ2n) is 3.35. The van der Waals surface area contributed by atoms with Gasteiger partial charge in [0.1, 0.15) is 5.75 Å². The monoisotopic (exact) mass is 228 g/mol. The second kappa shape index (κ2) is 6.70. The number of halogens is 1. The van der Waals surface area contributed by atoms with E-state index in [1.165, 1.54) is 0 Å². The Labute approximate surface area is 95.8 Å². The number of aliphatic hydroxyl groups excluding tert-OH is 1. The van der Waals surface area contributed by atoms with Crippen molar-refractivity contribution in [3.8, 4) is 5.75 Å². The number of hydrogen-bond acceptors (Lipinski definition) is 2. The van der Waals surface area contributed by atoms with E-state index in [2.05, 4.69) is 0 Å². The summed E-state index contributed by atoms with van der Waals surface area (Å²) in [4.78, 5) is 0. The van der Waals surface area contributed by atoms with Gasteiger partial charge in [0, 0.05) is 5.88 Å². The van der Waals surface area contributed by atoms with Gasteiger partial charge in [-0.25, -0.2) is 0 Å². The molecular weight excluding hydrogens is 212 g/mol. The van der Waals surface area contributed by atoms with Crippen molar-refractivity contribution in [2.75, 3.05) is 12.5 Å². The highest BCUT2D eigenvalue weighted by molar-refractivity contribution is 6.17. The van der Waals surface area contributed by atoms with Crippen molar-refractivity contribution in [2.24, 2.45) is 0 Å². The normalized spacial score (nSPS) is 12.5. The van der Waals surface area contributed by atoms with Gasteiger partial charge in [-0.2, -0.15) is 0 Å². The van der Waals surface area contributed by atoms with E-state index in [4.69, 9.17) is 16.3 Å². The van der Waals surface area contributed by atoms with Crippen molar-refractivity contribution in [3.63, 3.8) is 0 Å². The van der Waals surface area contributed by atoms with Gasteiger partial charge in [-0.05, 0) is 37.5 Å². The lowest BCUT2D eigenvalue weighted by atomic mass is 10.1. The fraction of sp³-hybridized carbons (Fsp3) is 0.500. The Balaban J connectivity index is 2.54. The van der Waals surface area contributed by atoms with Gasteiger partial charge in [0.15, 0.2) is 0 Å². The van der Waals surface area contributed by atoms with Crippen molar-refractivity contribution < 1.29 is 9.84 Å². The molecule has 0 fully saturated rings. The molecule has 0 saturated heterocycles. The molecular formula is C12H17ClO2. The summed E-state index contributed by atoms with van der Waals surface area (Å²) in [5, 5.41) is 9.77. The predicted octanol–water partition coefficient (Wildman–Crippen LogP) is 3.14. The van der Waals surface area contributed by atoms with E-state index in [1.54, 1.807) is 0 Å². The van der Waals surface area contributed by atoms with Crippen LogP contribution in [-0.2, 0) is 0 Å². The Hall–Kier alpha value is -0.730. The molecule has 1 unspecified atom stereocenters. The highest BCUT2D eigenvalue weighted by Crippen LogP contribution is 2.21. The molecule has 0 saturated carbocycles. The molecule has 1 N–H and O–H groups in total. The molecule has 1 aromatic carbocycles.